The minimum Gasteiger partial charge on any atom is -0.306 e. The van der Waals surface area contributed by atoms with Gasteiger partial charge in [-0.1, -0.05) is 0 Å². The van der Waals surface area contributed by atoms with Gasteiger partial charge in [0, 0.05) is 11.6 Å². The number of nitrogens with zero attached hydrogens (tertiary/aromatic N) is 1. The van der Waals surface area contributed by atoms with Crippen molar-refractivity contribution in [2.45, 2.75) is 0 Å². The fourth-order valence-electron chi connectivity index (χ4n) is 0.306. The topological polar surface area (TPSA) is 36.7 Å². The lowest BCUT2D eigenvalue weighted by molar-refractivity contribution is 1.39. The van der Waals surface area contributed by atoms with Gasteiger partial charge in [0.1, 0.15) is 5.01 Å². The molecule has 1 heterocycles. The van der Waals surface area contributed by atoms with Crippen molar-refractivity contribution in [3.8, 4) is 0 Å². The summed E-state index contributed by atoms with van der Waals surface area (Å²) in [5, 5.41) is 9.29. The predicted octanol–water partition coefficient (Wildman–Crippen LogP) is 1.56. The van der Waals surface area contributed by atoms with E-state index in [2.05, 4.69) is 4.98 Å². The highest BCUT2D eigenvalue weighted by atomic mass is 35.5. The summed E-state index contributed by atoms with van der Waals surface area (Å²) in [6, 6.07) is 0. The van der Waals surface area contributed by atoms with Gasteiger partial charge in [0.25, 0.3) is 0 Å². The molecule has 0 aliphatic carbocycles. The molecule has 2 nitrogen and oxygen atoms in total. The molecule has 0 atom stereocenters. The quantitative estimate of drug-likeness (QED) is 0.603. The van der Waals surface area contributed by atoms with Crippen LogP contribution in [-0.4, -0.2) is 11.2 Å². The molecule has 1 aromatic heterocycles. The van der Waals surface area contributed by atoms with E-state index in [-0.39, 0.29) is 12.4 Å². The maximum absolute atomic E-state index is 6.68. The van der Waals surface area contributed by atoms with Crippen LogP contribution < -0.4 is 0 Å². The molecule has 0 saturated carbocycles. The third-order valence-electron chi connectivity index (χ3n) is 0.575. The smallest absolute Gasteiger partial charge is 0.133 e. The van der Waals surface area contributed by atoms with Gasteiger partial charge in [-0.25, -0.2) is 4.98 Å². The van der Waals surface area contributed by atoms with Gasteiger partial charge >= 0.3 is 0 Å². The maximum atomic E-state index is 6.68. The van der Waals surface area contributed by atoms with Gasteiger partial charge in [-0.15, -0.1) is 23.7 Å². The summed E-state index contributed by atoms with van der Waals surface area (Å²) in [6.45, 7) is 0. The second-order valence-electron chi connectivity index (χ2n) is 1.01. The first-order chi connectivity index (χ1) is 3.43. The molecule has 0 bridgehead atoms. The van der Waals surface area contributed by atoms with Crippen molar-refractivity contribution >= 4 is 30.0 Å². The Kier molecular flexibility index (Phi) is 3.39. The van der Waals surface area contributed by atoms with Crippen LogP contribution in [0.1, 0.15) is 5.01 Å². The molecule has 44 valence electrons. The molecule has 0 aliphatic rings. The fraction of sp³-hybridized carbons (Fsp3) is 0. The maximum Gasteiger partial charge on any atom is 0.133 e. The van der Waals surface area contributed by atoms with E-state index < -0.39 is 0 Å². The molecule has 0 spiro atoms. The largest absolute Gasteiger partial charge is 0.306 e. The molecule has 0 saturated heterocycles. The van der Waals surface area contributed by atoms with Gasteiger partial charge in [-0.05, 0) is 0 Å². The van der Waals surface area contributed by atoms with Gasteiger partial charge in [0.15, 0.2) is 0 Å². The number of hydrogen-bond donors (Lipinski definition) is 1. The highest BCUT2D eigenvalue weighted by Crippen LogP contribution is 1.97. The minimum absolute atomic E-state index is 0. The molecule has 0 unspecified atom stereocenters. The Bertz CT molecular complexity index is 149. The first-order valence-corrected chi connectivity index (χ1v) is 2.71. The van der Waals surface area contributed by atoms with Crippen LogP contribution in [-0.2, 0) is 0 Å². The molecule has 0 radical (unpaired) electrons. The van der Waals surface area contributed by atoms with Gasteiger partial charge in [0.05, 0.1) is 6.21 Å². The second kappa shape index (κ2) is 3.57. The van der Waals surface area contributed by atoms with Crippen LogP contribution in [0, 0.1) is 5.41 Å². The Labute approximate surface area is 57.5 Å². The van der Waals surface area contributed by atoms with Gasteiger partial charge in [-0.2, -0.15) is 0 Å². The van der Waals surface area contributed by atoms with Gasteiger partial charge < -0.3 is 5.41 Å². The zero-order valence-corrected chi connectivity index (χ0v) is 5.63. The number of nitrogens with one attached hydrogen (secondary N) is 1. The van der Waals surface area contributed by atoms with E-state index in [1.807, 2.05) is 5.38 Å². The third kappa shape index (κ3) is 1.60. The summed E-state index contributed by atoms with van der Waals surface area (Å²) in [6.07, 6.45) is 2.93. The van der Waals surface area contributed by atoms with Crippen molar-refractivity contribution in [2.24, 2.45) is 0 Å². The zero-order chi connectivity index (χ0) is 5.11. The lowest BCUT2D eigenvalue weighted by atomic mass is 10.8. The Morgan fingerprint density at radius 2 is 2.50 bits per heavy atom. The van der Waals surface area contributed by atoms with Crippen molar-refractivity contribution in [1.29, 1.82) is 5.41 Å². The first-order valence-electron chi connectivity index (χ1n) is 1.83. The van der Waals surface area contributed by atoms with E-state index in [9.17, 15) is 0 Å². The molecule has 0 fully saturated rings. The number of thiazole rings is 1. The average Bonchev–Trinajstić information content (AvgIpc) is 2.14. The van der Waals surface area contributed by atoms with Crippen LogP contribution in [0.3, 0.4) is 0 Å². The van der Waals surface area contributed by atoms with E-state index in [1.165, 1.54) is 17.6 Å². The lowest BCUT2D eigenvalue weighted by Crippen LogP contribution is -1.69. The Hall–Kier alpha value is -0.410. The minimum atomic E-state index is 0. The zero-order valence-electron chi connectivity index (χ0n) is 4.00. The van der Waals surface area contributed by atoms with Crippen molar-refractivity contribution in [3.05, 3.63) is 16.6 Å². The average molecular weight is 149 g/mol. The third-order valence-corrected chi connectivity index (χ3v) is 1.30. The van der Waals surface area contributed by atoms with E-state index in [0.29, 0.717) is 0 Å². The molecule has 4 heteroatoms. The summed E-state index contributed by atoms with van der Waals surface area (Å²) in [5.74, 6) is 0. The summed E-state index contributed by atoms with van der Waals surface area (Å²) in [4.78, 5) is 3.81. The van der Waals surface area contributed by atoms with Crippen LogP contribution in [0.2, 0.25) is 0 Å². The molecule has 0 aliphatic heterocycles. The van der Waals surface area contributed by atoms with Crippen molar-refractivity contribution in [1.82, 2.24) is 4.98 Å². The molecular weight excluding hydrogens is 144 g/mol. The van der Waals surface area contributed by atoms with Gasteiger partial charge in [0.2, 0.25) is 0 Å². The summed E-state index contributed by atoms with van der Waals surface area (Å²) < 4.78 is 0. The molecule has 0 aromatic carbocycles. The normalized spacial score (nSPS) is 7.50. The van der Waals surface area contributed by atoms with E-state index >= 15 is 0 Å². The lowest BCUT2D eigenvalue weighted by Gasteiger charge is -1.68. The Balaban J connectivity index is 0.000000490. The standard InChI is InChI=1S/C4H4N2S.ClH/c5-3-4-6-1-2-7-4;/h1-3,5H;1H. The van der Waals surface area contributed by atoms with Crippen LogP contribution in [0.5, 0.6) is 0 Å². The summed E-state index contributed by atoms with van der Waals surface area (Å²) >= 11 is 1.47. The van der Waals surface area contributed by atoms with Crippen LogP contribution >= 0.6 is 23.7 Å². The molecular formula is C4H5ClN2S. The number of hydrogen-bond acceptors (Lipinski definition) is 3. The SMILES string of the molecule is Cl.N=Cc1nccs1. The molecule has 1 N–H and O–H groups in total. The van der Waals surface area contributed by atoms with Crippen molar-refractivity contribution < 1.29 is 0 Å². The number of aromatic nitrogens is 1. The molecule has 8 heavy (non-hydrogen) atoms. The van der Waals surface area contributed by atoms with E-state index in [4.69, 9.17) is 5.41 Å². The molecule has 0 amide bonds. The summed E-state index contributed by atoms with van der Waals surface area (Å²) in [7, 11) is 0. The second-order valence-corrected chi connectivity index (χ2v) is 1.94. The fourth-order valence-corrected chi connectivity index (χ4v) is 0.757. The first kappa shape index (κ1) is 7.59. The van der Waals surface area contributed by atoms with Crippen LogP contribution in [0.25, 0.3) is 0 Å². The van der Waals surface area contributed by atoms with Crippen molar-refractivity contribution in [2.75, 3.05) is 0 Å². The van der Waals surface area contributed by atoms with Crippen LogP contribution in [0.4, 0.5) is 0 Å². The Morgan fingerprint density at radius 3 is 2.75 bits per heavy atom. The monoisotopic (exact) mass is 148 g/mol. The van der Waals surface area contributed by atoms with E-state index in [0.717, 1.165) is 5.01 Å². The predicted molar refractivity (Wildman–Crippen MR) is 37.2 cm³/mol. The number of halogens is 1. The Morgan fingerprint density at radius 1 is 1.75 bits per heavy atom. The highest BCUT2D eigenvalue weighted by Gasteiger charge is 1.81. The van der Waals surface area contributed by atoms with Gasteiger partial charge in [-0.3, -0.25) is 0 Å². The highest BCUT2D eigenvalue weighted by molar-refractivity contribution is 7.11. The molecule has 1 aromatic rings. The molecule has 1 rings (SSSR count). The van der Waals surface area contributed by atoms with Crippen LogP contribution in [0.15, 0.2) is 11.6 Å². The van der Waals surface area contributed by atoms with E-state index in [1.54, 1.807) is 6.20 Å². The summed E-state index contributed by atoms with van der Waals surface area (Å²) in [5.41, 5.74) is 0. The van der Waals surface area contributed by atoms with Crippen molar-refractivity contribution in [3.63, 3.8) is 0 Å². The number of rotatable bonds is 1.